The maximum atomic E-state index is 12.3. The summed E-state index contributed by atoms with van der Waals surface area (Å²) in [7, 11) is -1.50. The van der Waals surface area contributed by atoms with Crippen LogP contribution in [-0.2, 0) is 48.7 Å². The molecule has 18 nitrogen and oxygen atoms in total. The molecule has 3 rings (SSSR count). The van der Waals surface area contributed by atoms with Crippen molar-refractivity contribution in [2.24, 2.45) is 5.92 Å². The summed E-state index contributed by atoms with van der Waals surface area (Å²) in [6.45, 7) is 1.55. The second-order valence-electron chi connectivity index (χ2n) is 13.0. The third-order valence-electron chi connectivity index (χ3n) is 8.88. The predicted octanol–water partition coefficient (Wildman–Crippen LogP) is 0.602. The summed E-state index contributed by atoms with van der Waals surface area (Å²) < 4.78 is 49.9. The number of ether oxygens (including phenoxy) is 5. The average molecular weight is 788 g/mol. The molecule has 0 radical (unpaired) electrons. The van der Waals surface area contributed by atoms with Crippen molar-refractivity contribution in [3.05, 3.63) is 48.0 Å². The molecule has 7 N–H and O–H groups in total. The van der Waals surface area contributed by atoms with Crippen molar-refractivity contribution in [1.29, 1.82) is 0 Å². The Labute approximate surface area is 316 Å². The van der Waals surface area contributed by atoms with Crippen molar-refractivity contribution < 1.29 is 71.9 Å². The standard InChI is InChI=1S/C34H55BN3O15P/c1-22(40)38-27-29(42)28(41)25(19-39)52-32(27)48-18-12-11-17-37-33(43)36-16-10-5-3-4-9-15-24-30(53-54(45,46)47-2)26(51-31(24)35)21-50-34(44)49-20-23-13-7-6-8-14-23/h4,6-9,13-14,24-32,39,41-42H,3,5,10-12,15-21,35H2,1-2H3,(H,38,40)(H,45,46)(H2,36,37,43)/b9-4+/t24-,25+,26+,27+,28-,29+,30?,31+,32+/m0/s1. The van der Waals surface area contributed by atoms with Crippen LogP contribution >= 0.6 is 7.82 Å². The highest BCUT2D eigenvalue weighted by Gasteiger charge is 2.47. The van der Waals surface area contributed by atoms with Crippen LogP contribution in [0, 0.1) is 5.92 Å². The number of aliphatic hydroxyl groups excluding tert-OH is 3. The molecular formula is C34H55BN3O15P. The van der Waals surface area contributed by atoms with Gasteiger partial charge in [0.25, 0.3) is 0 Å². The molecule has 2 heterocycles. The summed E-state index contributed by atoms with van der Waals surface area (Å²) >= 11 is 0. The summed E-state index contributed by atoms with van der Waals surface area (Å²) in [5.74, 6) is -0.767. The van der Waals surface area contributed by atoms with Crippen molar-refractivity contribution in [1.82, 2.24) is 16.0 Å². The number of hydrogen-bond acceptors (Lipinski definition) is 14. The van der Waals surface area contributed by atoms with E-state index < -0.39 is 69.3 Å². The second-order valence-corrected chi connectivity index (χ2v) is 14.5. The van der Waals surface area contributed by atoms with Gasteiger partial charge in [-0.15, -0.1) is 0 Å². The van der Waals surface area contributed by atoms with E-state index in [0.29, 0.717) is 32.4 Å². The van der Waals surface area contributed by atoms with E-state index in [1.807, 2.05) is 38.2 Å². The molecule has 0 aliphatic carbocycles. The lowest BCUT2D eigenvalue weighted by molar-refractivity contribution is -0.270. The molecule has 3 amide bonds. The van der Waals surface area contributed by atoms with Gasteiger partial charge in [0, 0.05) is 45.7 Å². The number of benzene rings is 1. The Morgan fingerprint density at radius 3 is 2.33 bits per heavy atom. The van der Waals surface area contributed by atoms with Crippen molar-refractivity contribution in [2.75, 3.05) is 40.0 Å². The van der Waals surface area contributed by atoms with E-state index in [9.17, 15) is 39.2 Å². The number of allylic oxidation sites excluding steroid dienone is 2. The fraction of sp³-hybridized carbons (Fsp3) is 0.676. The highest BCUT2D eigenvalue weighted by atomic mass is 31.2. The molecule has 0 aromatic heterocycles. The Balaban J connectivity index is 1.29. The van der Waals surface area contributed by atoms with Gasteiger partial charge < -0.3 is 59.8 Å². The first-order valence-electron chi connectivity index (χ1n) is 18.1. The molecule has 2 fully saturated rings. The van der Waals surface area contributed by atoms with Crippen molar-refractivity contribution in [2.45, 2.75) is 101 Å². The summed E-state index contributed by atoms with van der Waals surface area (Å²) in [6.07, 6.45) is 0.249. The van der Waals surface area contributed by atoms with Gasteiger partial charge in [-0.1, -0.05) is 42.5 Å². The first kappa shape index (κ1) is 45.3. The van der Waals surface area contributed by atoms with Gasteiger partial charge in [0.2, 0.25) is 5.91 Å². The summed E-state index contributed by atoms with van der Waals surface area (Å²) in [5, 5.41) is 37.9. The number of carbonyl (C=O) groups is 3. The normalized spacial score (nSPS) is 27.9. The molecule has 1 aromatic rings. The SMILES string of the molecule is B[C@@H]1O[C@H](COC(=O)OCc2ccccc2)C(OP(=O)(O)OC)[C@@H]1C/C=C/CCCCNC(=O)NCCCCO[C@@H]1O[C@H](CO)[C@H](O)[C@H](O)[C@H]1NC(C)=O. The highest BCUT2D eigenvalue weighted by molar-refractivity contribution is 7.47. The second kappa shape index (κ2) is 23.7. The lowest BCUT2D eigenvalue weighted by atomic mass is 9.82. The number of amides is 3. The van der Waals surface area contributed by atoms with E-state index in [1.165, 1.54) is 6.92 Å². The van der Waals surface area contributed by atoms with Crippen molar-refractivity contribution in [3.8, 4) is 0 Å². The number of aliphatic hydroxyl groups is 3. The largest absolute Gasteiger partial charge is 0.508 e. The fourth-order valence-electron chi connectivity index (χ4n) is 5.97. The number of unbranched alkanes of at least 4 members (excludes halogenated alkanes) is 3. The number of urea groups is 1. The molecule has 0 saturated carbocycles. The molecule has 2 saturated heterocycles. The Hall–Kier alpha value is -3.10. The van der Waals surface area contributed by atoms with Crippen LogP contribution in [0.3, 0.4) is 0 Å². The Bertz CT molecular complexity index is 1360. The Morgan fingerprint density at radius 1 is 0.963 bits per heavy atom. The molecule has 2 aliphatic rings. The van der Waals surface area contributed by atoms with E-state index in [-0.39, 0.29) is 37.8 Å². The fourth-order valence-corrected chi connectivity index (χ4v) is 6.66. The van der Waals surface area contributed by atoms with E-state index in [2.05, 4.69) is 20.5 Å². The van der Waals surface area contributed by atoms with Gasteiger partial charge in [-0.2, -0.15) is 0 Å². The molecule has 0 bridgehead atoms. The lowest BCUT2D eigenvalue weighted by Crippen LogP contribution is -2.64. The molecule has 1 aromatic carbocycles. The number of rotatable bonds is 22. The molecule has 0 spiro atoms. The molecule has 304 valence electrons. The Kier molecular flexibility index (Phi) is 19.9. The van der Waals surface area contributed by atoms with Crippen LogP contribution in [-0.4, -0.2) is 135 Å². The topological polar surface area (TPSA) is 250 Å². The minimum absolute atomic E-state index is 0.0305. The summed E-state index contributed by atoms with van der Waals surface area (Å²) in [5.41, 5.74) is 0.792. The first-order valence-corrected chi connectivity index (χ1v) is 19.6. The summed E-state index contributed by atoms with van der Waals surface area (Å²) in [6, 6.07) is 7.41. The summed E-state index contributed by atoms with van der Waals surface area (Å²) in [4.78, 5) is 45.9. The first-order chi connectivity index (χ1) is 25.8. The maximum absolute atomic E-state index is 12.3. The van der Waals surface area contributed by atoms with Crippen LogP contribution in [0.1, 0.15) is 51.0 Å². The monoisotopic (exact) mass is 787 g/mol. The van der Waals surface area contributed by atoms with Crippen LogP contribution in [0.5, 0.6) is 0 Å². The van der Waals surface area contributed by atoms with Crippen LogP contribution < -0.4 is 16.0 Å². The van der Waals surface area contributed by atoms with Gasteiger partial charge in [0.05, 0.1) is 6.61 Å². The zero-order chi connectivity index (χ0) is 39.5. The highest BCUT2D eigenvalue weighted by Crippen LogP contribution is 2.48. The van der Waals surface area contributed by atoms with Gasteiger partial charge in [-0.05, 0) is 44.1 Å². The lowest BCUT2D eigenvalue weighted by Gasteiger charge is -2.42. The van der Waals surface area contributed by atoms with Gasteiger partial charge in [-0.25, -0.2) is 14.2 Å². The molecule has 2 unspecified atom stereocenters. The third kappa shape index (κ3) is 15.6. The van der Waals surface area contributed by atoms with E-state index in [1.54, 1.807) is 12.1 Å². The molecule has 20 heteroatoms. The number of phosphoric ester groups is 1. The zero-order valence-electron chi connectivity index (χ0n) is 30.9. The minimum Gasteiger partial charge on any atom is -0.431 e. The Morgan fingerprint density at radius 2 is 1.67 bits per heavy atom. The molecule has 10 atom stereocenters. The minimum atomic E-state index is -4.38. The average Bonchev–Trinajstić information content (AvgIpc) is 3.43. The third-order valence-corrected chi connectivity index (χ3v) is 9.85. The van der Waals surface area contributed by atoms with Crippen LogP contribution in [0.15, 0.2) is 42.5 Å². The van der Waals surface area contributed by atoms with Crippen molar-refractivity contribution in [3.63, 3.8) is 0 Å². The van der Waals surface area contributed by atoms with E-state index >= 15 is 0 Å². The van der Waals surface area contributed by atoms with E-state index in [4.69, 9.17) is 28.2 Å². The smallest absolute Gasteiger partial charge is 0.431 e. The number of carbonyl (C=O) groups excluding carboxylic acids is 3. The zero-order valence-corrected chi connectivity index (χ0v) is 31.8. The predicted molar refractivity (Wildman–Crippen MR) is 195 cm³/mol. The van der Waals surface area contributed by atoms with Gasteiger partial charge in [-0.3, -0.25) is 13.8 Å². The van der Waals surface area contributed by atoms with E-state index in [0.717, 1.165) is 31.9 Å². The molecular weight excluding hydrogens is 732 g/mol. The molecule has 2 aliphatic heterocycles. The molecule has 54 heavy (non-hydrogen) atoms. The van der Waals surface area contributed by atoms with Gasteiger partial charge >= 0.3 is 20.0 Å². The van der Waals surface area contributed by atoms with Gasteiger partial charge in [0.15, 0.2) is 6.29 Å². The van der Waals surface area contributed by atoms with Gasteiger partial charge in [0.1, 0.15) is 57.6 Å². The van der Waals surface area contributed by atoms with Crippen molar-refractivity contribution >= 4 is 33.8 Å². The van der Waals surface area contributed by atoms with Crippen LogP contribution in [0.2, 0.25) is 0 Å². The quantitative estimate of drug-likeness (QED) is 0.0280. The van der Waals surface area contributed by atoms with Crippen LogP contribution in [0.4, 0.5) is 9.59 Å². The van der Waals surface area contributed by atoms with Crippen LogP contribution in [0.25, 0.3) is 0 Å². The number of nitrogens with one attached hydrogen (secondary N) is 3. The number of hydrogen-bond donors (Lipinski definition) is 7. The number of phosphoric acid groups is 1. The maximum Gasteiger partial charge on any atom is 0.508 e.